The van der Waals surface area contributed by atoms with E-state index in [1.165, 1.54) is 0 Å². The summed E-state index contributed by atoms with van der Waals surface area (Å²) in [6.45, 7) is 5.10. The molecule has 0 fully saturated rings. The lowest BCUT2D eigenvalue weighted by molar-refractivity contribution is 0.102. The quantitative estimate of drug-likeness (QED) is 0.704. The van der Waals surface area contributed by atoms with Gasteiger partial charge in [-0.3, -0.25) is 4.79 Å². The van der Waals surface area contributed by atoms with Crippen molar-refractivity contribution in [3.8, 4) is 11.5 Å². The fourth-order valence-electron chi connectivity index (χ4n) is 3.03. The summed E-state index contributed by atoms with van der Waals surface area (Å²) in [7, 11) is 0. The van der Waals surface area contributed by atoms with Gasteiger partial charge < -0.3 is 20.1 Å². The molecule has 6 nitrogen and oxygen atoms in total. The molecule has 3 aromatic rings. The predicted octanol–water partition coefficient (Wildman–Crippen LogP) is 4.47. The SMILES string of the molecule is Cc1ccc(NC(=O)c2ccc(Nc3ccc4c(c3)OCCO4)cn2)c(C)c1. The van der Waals surface area contributed by atoms with E-state index in [9.17, 15) is 4.79 Å². The summed E-state index contributed by atoms with van der Waals surface area (Å²) in [6.07, 6.45) is 1.63. The molecule has 2 heterocycles. The van der Waals surface area contributed by atoms with Crippen LogP contribution in [0.1, 0.15) is 21.6 Å². The maximum Gasteiger partial charge on any atom is 0.274 e. The Hall–Kier alpha value is -3.54. The number of benzene rings is 2. The highest BCUT2D eigenvalue weighted by atomic mass is 16.6. The van der Waals surface area contributed by atoms with Crippen LogP contribution in [-0.4, -0.2) is 24.1 Å². The van der Waals surface area contributed by atoms with Crippen molar-refractivity contribution >= 4 is 23.0 Å². The van der Waals surface area contributed by atoms with Gasteiger partial charge in [0.2, 0.25) is 0 Å². The van der Waals surface area contributed by atoms with Crippen molar-refractivity contribution in [3.63, 3.8) is 0 Å². The molecule has 0 atom stereocenters. The van der Waals surface area contributed by atoms with Gasteiger partial charge in [-0.05, 0) is 49.7 Å². The summed E-state index contributed by atoms with van der Waals surface area (Å²) in [5, 5.41) is 6.16. The summed E-state index contributed by atoms with van der Waals surface area (Å²) in [6, 6.07) is 15.1. The number of hydrogen-bond acceptors (Lipinski definition) is 5. The lowest BCUT2D eigenvalue weighted by atomic mass is 10.1. The lowest BCUT2D eigenvalue weighted by Gasteiger charge is -2.19. The average molecular weight is 375 g/mol. The first-order valence-corrected chi connectivity index (χ1v) is 9.10. The lowest BCUT2D eigenvalue weighted by Crippen LogP contribution is -2.15. The largest absolute Gasteiger partial charge is 0.486 e. The molecule has 0 aliphatic carbocycles. The Morgan fingerprint density at radius 3 is 2.46 bits per heavy atom. The molecular formula is C22H21N3O3. The summed E-state index contributed by atoms with van der Waals surface area (Å²) in [5.41, 5.74) is 4.95. The molecule has 0 bridgehead atoms. The Labute approximate surface area is 163 Å². The Morgan fingerprint density at radius 1 is 0.929 bits per heavy atom. The number of carbonyl (C=O) groups is 1. The number of aryl methyl sites for hydroxylation is 2. The van der Waals surface area contributed by atoms with Gasteiger partial charge in [-0.2, -0.15) is 0 Å². The molecule has 1 aliphatic heterocycles. The van der Waals surface area contributed by atoms with E-state index in [0.717, 1.165) is 33.9 Å². The van der Waals surface area contributed by atoms with E-state index in [2.05, 4.69) is 15.6 Å². The van der Waals surface area contributed by atoms with Crippen molar-refractivity contribution in [1.82, 2.24) is 4.98 Å². The number of anilines is 3. The molecular weight excluding hydrogens is 354 g/mol. The highest BCUT2D eigenvalue weighted by Crippen LogP contribution is 2.33. The van der Waals surface area contributed by atoms with Gasteiger partial charge in [-0.25, -0.2) is 4.98 Å². The molecule has 2 aromatic carbocycles. The summed E-state index contributed by atoms with van der Waals surface area (Å²) < 4.78 is 11.1. The summed E-state index contributed by atoms with van der Waals surface area (Å²) >= 11 is 0. The van der Waals surface area contributed by atoms with Crippen LogP contribution in [0.4, 0.5) is 17.1 Å². The molecule has 1 amide bonds. The number of nitrogens with one attached hydrogen (secondary N) is 2. The second-order valence-corrected chi connectivity index (χ2v) is 6.69. The third kappa shape index (κ3) is 3.91. The Morgan fingerprint density at radius 2 is 1.71 bits per heavy atom. The van der Waals surface area contributed by atoms with Crippen LogP contribution in [-0.2, 0) is 0 Å². The van der Waals surface area contributed by atoms with Crippen molar-refractivity contribution in [1.29, 1.82) is 0 Å². The maximum atomic E-state index is 12.5. The van der Waals surface area contributed by atoms with Gasteiger partial charge in [0.25, 0.3) is 5.91 Å². The molecule has 4 rings (SSSR count). The van der Waals surface area contributed by atoms with Crippen molar-refractivity contribution < 1.29 is 14.3 Å². The number of rotatable bonds is 4. The fourth-order valence-corrected chi connectivity index (χ4v) is 3.03. The van der Waals surface area contributed by atoms with Crippen LogP contribution in [0.5, 0.6) is 11.5 Å². The topological polar surface area (TPSA) is 72.5 Å². The van der Waals surface area contributed by atoms with Crippen LogP contribution in [0.25, 0.3) is 0 Å². The molecule has 0 saturated heterocycles. The Bertz CT molecular complexity index is 1020. The third-order valence-electron chi connectivity index (χ3n) is 4.46. The highest BCUT2D eigenvalue weighted by molar-refractivity contribution is 6.03. The molecule has 28 heavy (non-hydrogen) atoms. The van der Waals surface area contributed by atoms with Crippen LogP contribution in [0.15, 0.2) is 54.7 Å². The first-order valence-electron chi connectivity index (χ1n) is 9.10. The standard InChI is InChI=1S/C22H21N3O3/c1-14-3-6-18(15(2)11-14)25-22(26)19-7-4-17(13-23-19)24-16-5-8-20-21(12-16)28-10-9-27-20/h3-8,11-13,24H,9-10H2,1-2H3,(H,25,26). The predicted molar refractivity (Wildman–Crippen MR) is 109 cm³/mol. The average Bonchev–Trinajstić information content (AvgIpc) is 2.70. The number of nitrogens with zero attached hydrogens (tertiary/aromatic N) is 1. The van der Waals surface area contributed by atoms with E-state index < -0.39 is 0 Å². The summed E-state index contributed by atoms with van der Waals surface area (Å²) in [5.74, 6) is 1.22. The minimum absolute atomic E-state index is 0.238. The van der Waals surface area contributed by atoms with Gasteiger partial charge in [0, 0.05) is 17.4 Å². The van der Waals surface area contributed by atoms with Gasteiger partial charge in [0.1, 0.15) is 18.9 Å². The first-order chi connectivity index (χ1) is 13.6. The molecule has 0 spiro atoms. The van der Waals surface area contributed by atoms with Crippen LogP contribution in [0.2, 0.25) is 0 Å². The number of carbonyl (C=O) groups excluding carboxylic acids is 1. The van der Waals surface area contributed by atoms with Gasteiger partial charge in [-0.1, -0.05) is 17.7 Å². The number of aromatic nitrogens is 1. The van der Waals surface area contributed by atoms with E-state index in [0.29, 0.717) is 24.7 Å². The van der Waals surface area contributed by atoms with Gasteiger partial charge >= 0.3 is 0 Å². The number of pyridine rings is 1. The second-order valence-electron chi connectivity index (χ2n) is 6.69. The van der Waals surface area contributed by atoms with Crippen molar-refractivity contribution in [2.45, 2.75) is 13.8 Å². The van der Waals surface area contributed by atoms with Gasteiger partial charge in [0.15, 0.2) is 11.5 Å². The zero-order valence-corrected chi connectivity index (χ0v) is 15.8. The van der Waals surface area contributed by atoms with E-state index in [1.54, 1.807) is 12.3 Å². The molecule has 0 unspecified atom stereocenters. The Balaban J connectivity index is 1.44. The number of fused-ring (bicyclic) bond motifs is 1. The van der Waals surface area contributed by atoms with Crippen LogP contribution < -0.4 is 20.1 Å². The monoisotopic (exact) mass is 375 g/mol. The van der Waals surface area contributed by atoms with Crippen LogP contribution >= 0.6 is 0 Å². The van der Waals surface area contributed by atoms with Gasteiger partial charge in [-0.15, -0.1) is 0 Å². The first kappa shape index (κ1) is 17.9. The highest BCUT2D eigenvalue weighted by Gasteiger charge is 2.12. The van der Waals surface area contributed by atoms with E-state index in [4.69, 9.17) is 9.47 Å². The molecule has 0 saturated carbocycles. The molecule has 1 aromatic heterocycles. The molecule has 1 aliphatic rings. The van der Waals surface area contributed by atoms with Crippen LogP contribution in [0.3, 0.4) is 0 Å². The molecule has 0 radical (unpaired) electrons. The van der Waals surface area contributed by atoms with Crippen LogP contribution in [0, 0.1) is 13.8 Å². The molecule has 2 N–H and O–H groups in total. The Kier molecular flexibility index (Phi) is 4.85. The minimum Gasteiger partial charge on any atom is -0.486 e. The van der Waals surface area contributed by atoms with Gasteiger partial charge in [0.05, 0.1) is 11.9 Å². The van der Waals surface area contributed by atoms with E-state index >= 15 is 0 Å². The van der Waals surface area contributed by atoms with Crippen molar-refractivity contribution in [2.24, 2.45) is 0 Å². The minimum atomic E-state index is -0.238. The summed E-state index contributed by atoms with van der Waals surface area (Å²) in [4.78, 5) is 16.7. The normalized spacial score (nSPS) is 12.4. The second kappa shape index (κ2) is 7.60. The van der Waals surface area contributed by atoms with E-state index in [1.807, 2.05) is 56.3 Å². The third-order valence-corrected chi connectivity index (χ3v) is 4.46. The van der Waals surface area contributed by atoms with Crippen molar-refractivity contribution in [2.75, 3.05) is 23.8 Å². The molecule has 6 heteroatoms. The fraction of sp³-hybridized carbons (Fsp3) is 0.182. The van der Waals surface area contributed by atoms with Crippen molar-refractivity contribution in [3.05, 3.63) is 71.5 Å². The maximum absolute atomic E-state index is 12.5. The smallest absolute Gasteiger partial charge is 0.274 e. The van der Waals surface area contributed by atoms with E-state index in [-0.39, 0.29) is 5.91 Å². The number of ether oxygens (including phenoxy) is 2. The zero-order valence-electron chi connectivity index (χ0n) is 15.8. The molecule has 142 valence electrons. The zero-order chi connectivity index (χ0) is 19.5. The number of amides is 1. The number of hydrogen-bond donors (Lipinski definition) is 2.